The number of rotatable bonds is 4. The van der Waals surface area contributed by atoms with Crippen molar-refractivity contribution >= 4 is 0 Å². The van der Waals surface area contributed by atoms with Crippen LogP contribution in [0, 0.1) is 5.92 Å². The number of aromatic nitrogens is 2. The summed E-state index contributed by atoms with van der Waals surface area (Å²) >= 11 is 0. The van der Waals surface area contributed by atoms with Crippen LogP contribution in [0.2, 0.25) is 0 Å². The highest BCUT2D eigenvalue weighted by molar-refractivity contribution is 5.11. The average Bonchev–Trinajstić information content (AvgIpc) is 2.48. The van der Waals surface area contributed by atoms with Crippen molar-refractivity contribution in [1.29, 1.82) is 0 Å². The molecular weight excluding hydrogens is 164 g/mol. The van der Waals surface area contributed by atoms with Gasteiger partial charge in [0.2, 0.25) is 0 Å². The van der Waals surface area contributed by atoms with Crippen LogP contribution < -0.4 is 4.74 Å². The second-order valence-corrected chi connectivity index (χ2v) is 3.95. The van der Waals surface area contributed by atoms with E-state index < -0.39 is 0 Å². The molecule has 0 aliphatic heterocycles. The number of hydrogen-bond donors (Lipinski definition) is 0. The lowest BCUT2D eigenvalue weighted by molar-refractivity contribution is 0.270. The van der Waals surface area contributed by atoms with Crippen molar-refractivity contribution in [3.8, 4) is 5.75 Å². The molecule has 0 aliphatic rings. The Labute approximate surface area is 79.7 Å². The van der Waals surface area contributed by atoms with E-state index in [9.17, 15) is 0 Å². The Balaban J connectivity index is 2.49. The maximum absolute atomic E-state index is 5.51. The Hall–Kier alpha value is -0.990. The van der Waals surface area contributed by atoms with Gasteiger partial charge < -0.3 is 4.74 Å². The van der Waals surface area contributed by atoms with E-state index in [1.807, 2.05) is 10.9 Å². The van der Waals surface area contributed by atoms with E-state index in [0.717, 1.165) is 12.4 Å². The first kappa shape index (κ1) is 10.1. The molecule has 1 heterocycles. The fourth-order valence-electron chi connectivity index (χ4n) is 0.940. The molecule has 0 fully saturated rings. The van der Waals surface area contributed by atoms with Crippen LogP contribution in [-0.2, 0) is 0 Å². The molecule has 1 aromatic heterocycles. The van der Waals surface area contributed by atoms with Gasteiger partial charge in [0.25, 0.3) is 0 Å². The van der Waals surface area contributed by atoms with E-state index in [-0.39, 0.29) is 0 Å². The van der Waals surface area contributed by atoms with Crippen LogP contribution in [0.25, 0.3) is 0 Å². The summed E-state index contributed by atoms with van der Waals surface area (Å²) in [5, 5.41) is 4.19. The summed E-state index contributed by atoms with van der Waals surface area (Å²) in [4.78, 5) is 0. The molecule has 0 unspecified atom stereocenters. The quantitative estimate of drug-likeness (QED) is 0.715. The van der Waals surface area contributed by atoms with Crippen molar-refractivity contribution in [3.63, 3.8) is 0 Å². The topological polar surface area (TPSA) is 27.1 Å². The summed E-state index contributed by atoms with van der Waals surface area (Å²) in [7, 11) is 0. The zero-order valence-electron chi connectivity index (χ0n) is 8.82. The van der Waals surface area contributed by atoms with Crippen LogP contribution in [0.3, 0.4) is 0 Å². The molecule has 1 rings (SSSR count). The molecule has 0 atom stereocenters. The van der Waals surface area contributed by atoms with Crippen molar-refractivity contribution in [2.24, 2.45) is 5.92 Å². The lowest BCUT2D eigenvalue weighted by Crippen LogP contribution is -2.04. The molecule has 13 heavy (non-hydrogen) atoms. The zero-order chi connectivity index (χ0) is 9.84. The van der Waals surface area contributed by atoms with E-state index in [0.29, 0.717) is 12.0 Å². The van der Waals surface area contributed by atoms with Crippen LogP contribution >= 0.6 is 0 Å². The monoisotopic (exact) mass is 182 g/mol. The summed E-state index contributed by atoms with van der Waals surface area (Å²) in [6.07, 6.45) is 3.70. The first-order valence-electron chi connectivity index (χ1n) is 4.76. The number of ether oxygens (including phenoxy) is 1. The van der Waals surface area contributed by atoms with Crippen LogP contribution in [-0.4, -0.2) is 16.4 Å². The van der Waals surface area contributed by atoms with Crippen LogP contribution in [0.5, 0.6) is 5.75 Å². The molecule has 0 bridgehead atoms. The second-order valence-electron chi connectivity index (χ2n) is 3.95. The van der Waals surface area contributed by atoms with Gasteiger partial charge in [-0.3, -0.25) is 4.68 Å². The third kappa shape index (κ3) is 3.09. The highest BCUT2D eigenvalue weighted by Crippen LogP contribution is 2.12. The molecule has 0 aromatic carbocycles. The molecular formula is C10H18N2O. The van der Waals surface area contributed by atoms with Gasteiger partial charge in [0.1, 0.15) is 0 Å². The third-order valence-corrected chi connectivity index (χ3v) is 1.69. The molecule has 3 heteroatoms. The van der Waals surface area contributed by atoms with Crippen molar-refractivity contribution in [1.82, 2.24) is 9.78 Å². The predicted molar refractivity (Wildman–Crippen MR) is 52.9 cm³/mol. The molecule has 1 aromatic rings. The Morgan fingerprint density at radius 1 is 1.38 bits per heavy atom. The summed E-state index contributed by atoms with van der Waals surface area (Å²) in [6.45, 7) is 9.21. The predicted octanol–water partition coefficient (Wildman–Crippen LogP) is 2.50. The molecule has 0 spiro atoms. The highest BCUT2D eigenvalue weighted by atomic mass is 16.5. The Kier molecular flexibility index (Phi) is 3.34. The normalized spacial score (nSPS) is 11.2. The molecule has 0 amide bonds. The molecule has 0 radical (unpaired) electrons. The van der Waals surface area contributed by atoms with Gasteiger partial charge >= 0.3 is 0 Å². The number of nitrogens with zero attached hydrogens (tertiary/aromatic N) is 2. The van der Waals surface area contributed by atoms with Crippen LogP contribution in [0.4, 0.5) is 0 Å². The van der Waals surface area contributed by atoms with Gasteiger partial charge in [-0.2, -0.15) is 5.10 Å². The minimum atomic E-state index is 0.399. The van der Waals surface area contributed by atoms with Gasteiger partial charge in [-0.1, -0.05) is 13.8 Å². The van der Waals surface area contributed by atoms with E-state index in [1.165, 1.54) is 0 Å². The smallest absolute Gasteiger partial charge is 0.157 e. The Bertz CT molecular complexity index is 253. The van der Waals surface area contributed by atoms with Gasteiger partial charge in [-0.05, 0) is 19.8 Å². The molecule has 0 aliphatic carbocycles. The van der Waals surface area contributed by atoms with Crippen molar-refractivity contribution in [2.75, 3.05) is 6.61 Å². The minimum absolute atomic E-state index is 0.399. The maximum Gasteiger partial charge on any atom is 0.157 e. The second kappa shape index (κ2) is 4.30. The third-order valence-electron chi connectivity index (χ3n) is 1.69. The van der Waals surface area contributed by atoms with Gasteiger partial charge in [0.15, 0.2) is 5.75 Å². The lowest BCUT2D eigenvalue weighted by atomic mass is 10.2. The minimum Gasteiger partial charge on any atom is -0.490 e. The molecule has 74 valence electrons. The van der Waals surface area contributed by atoms with Crippen LogP contribution in [0.1, 0.15) is 33.7 Å². The van der Waals surface area contributed by atoms with Crippen LogP contribution in [0.15, 0.2) is 12.4 Å². The van der Waals surface area contributed by atoms with Gasteiger partial charge in [0, 0.05) is 6.04 Å². The SMILES string of the molecule is CC(C)COc1cnn(C(C)C)c1. The zero-order valence-corrected chi connectivity index (χ0v) is 8.82. The van der Waals surface area contributed by atoms with E-state index >= 15 is 0 Å². The first-order chi connectivity index (χ1) is 6.09. The molecule has 0 saturated carbocycles. The summed E-state index contributed by atoms with van der Waals surface area (Å²) in [6, 6.07) is 0.399. The van der Waals surface area contributed by atoms with Gasteiger partial charge in [-0.15, -0.1) is 0 Å². The summed E-state index contributed by atoms with van der Waals surface area (Å²) < 4.78 is 7.41. The van der Waals surface area contributed by atoms with E-state index in [2.05, 4.69) is 32.8 Å². The van der Waals surface area contributed by atoms with E-state index in [1.54, 1.807) is 6.20 Å². The fourth-order valence-corrected chi connectivity index (χ4v) is 0.940. The summed E-state index contributed by atoms with van der Waals surface area (Å²) in [5.74, 6) is 1.42. The Morgan fingerprint density at radius 2 is 2.08 bits per heavy atom. The van der Waals surface area contributed by atoms with Crippen molar-refractivity contribution in [3.05, 3.63) is 12.4 Å². The largest absolute Gasteiger partial charge is 0.490 e. The molecule has 0 N–H and O–H groups in total. The molecule has 3 nitrogen and oxygen atoms in total. The van der Waals surface area contributed by atoms with Gasteiger partial charge in [-0.25, -0.2) is 0 Å². The number of hydrogen-bond acceptors (Lipinski definition) is 2. The maximum atomic E-state index is 5.51. The first-order valence-corrected chi connectivity index (χ1v) is 4.76. The average molecular weight is 182 g/mol. The summed E-state index contributed by atoms with van der Waals surface area (Å²) in [5.41, 5.74) is 0. The van der Waals surface area contributed by atoms with Crippen molar-refractivity contribution in [2.45, 2.75) is 33.7 Å². The fraction of sp³-hybridized carbons (Fsp3) is 0.700. The lowest BCUT2D eigenvalue weighted by Gasteiger charge is -2.06. The van der Waals surface area contributed by atoms with Crippen molar-refractivity contribution < 1.29 is 4.74 Å². The molecule has 0 saturated heterocycles. The van der Waals surface area contributed by atoms with Gasteiger partial charge in [0.05, 0.1) is 19.0 Å². The Morgan fingerprint density at radius 3 is 2.54 bits per heavy atom. The highest BCUT2D eigenvalue weighted by Gasteiger charge is 2.02. The van der Waals surface area contributed by atoms with E-state index in [4.69, 9.17) is 4.74 Å². The standard InChI is InChI=1S/C10H18N2O/c1-8(2)7-13-10-5-11-12(6-10)9(3)4/h5-6,8-9H,7H2,1-4H3.